The maximum atomic E-state index is 13.4. The number of carbonyl (C=O) groups excluding carboxylic acids is 1. The van der Waals surface area contributed by atoms with E-state index in [1.165, 1.54) is 16.5 Å². The van der Waals surface area contributed by atoms with Gasteiger partial charge in [-0.05, 0) is 29.7 Å². The molecule has 0 bridgehead atoms. The molecule has 0 saturated heterocycles. The van der Waals surface area contributed by atoms with Crippen LogP contribution in [0.2, 0.25) is 0 Å². The van der Waals surface area contributed by atoms with Gasteiger partial charge in [-0.1, -0.05) is 54.6 Å². The molecule has 144 valence electrons. The fraction of sp³-hybridized carbons (Fsp3) is 0.167. The number of rotatable bonds is 4. The van der Waals surface area contributed by atoms with E-state index in [2.05, 4.69) is 40.6 Å². The lowest BCUT2D eigenvalue weighted by Crippen LogP contribution is -2.40. The van der Waals surface area contributed by atoms with Crippen molar-refractivity contribution in [3.05, 3.63) is 96.5 Å². The van der Waals surface area contributed by atoms with E-state index in [-0.39, 0.29) is 5.91 Å². The molecule has 0 fully saturated rings. The van der Waals surface area contributed by atoms with Crippen molar-refractivity contribution >= 4 is 22.4 Å². The van der Waals surface area contributed by atoms with Gasteiger partial charge in [0.15, 0.2) is 6.04 Å². The molecule has 5 nitrogen and oxygen atoms in total. The van der Waals surface area contributed by atoms with E-state index in [0.717, 1.165) is 17.5 Å². The van der Waals surface area contributed by atoms with E-state index in [1.807, 2.05) is 53.6 Å². The lowest BCUT2D eigenvalue weighted by molar-refractivity contribution is -0.133. The fourth-order valence-electron chi connectivity index (χ4n) is 4.10. The third-order valence-corrected chi connectivity index (χ3v) is 5.59. The highest BCUT2D eigenvalue weighted by molar-refractivity contribution is 5.93. The number of nitrogens with zero attached hydrogens (tertiary/aromatic N) is 3. The Bertz CT molecular complexity index is 1160. The Labute approximate surface area is 169 Å². The molecule has 2 aromatic carbocycles. The maximum Gasteiger partial charge on any atom is 0.252 e. The lowest BCUT2D eigenvalue weighted by Gasteiger charge is -2.30. The molecule has 0 spiro atoms. The Kier molecular flexibility index (Phi) is 4.48. The molecule has 1 atom stereocenters. The number of aromatic nitrogens is 3. The van der Waals surface area contributed by atoms with Crippen LogP contribution in [0.4, 0.5) is 0 Å². The Morgan fingerprint density at radius 1 is 1.03 bits per heavy atom. The van der Waals surface area contributed by atoms with E-state index in [9.17, 15) is 4.79 Å². The van der Waals surface area contributed by atoms with Crippen LogP contribution < -0.4 is 0 Å². The van der Waals surface area contributed by atoms with E-state index in [0.29, 0.717) is 13.1 Å². The average molecular weight is 382 g/mol. The van der Waals surface area contributed by atoms with Crippen LogP contribution in [-0.2, 0) is 4.79 Å². The van der Waals surface area contributed by atoms with Gasteiger partial charge < -0.3 is 9.88 Å². The Morgan fingerprint density at radius 2 is 1.86 bits per heavy atom. The molecule has 0 saturated carbocycles. The number of hydrogen-bond donors (Lipinski definition) is 1. The highest BCUT2D eigenvalue weighted by Crippen LogP contribution is 2.30. The Balaban J connectivity index is 1.41. The number of benzene rings is 2. The molecule has 3 heterocycles. The van der Waals surface area contributed by atoms with Gasteiger partial charge in [0, 0.05) is 48.1 Å². The first-order chi connectivity index (χ1) is 14.3. The molecule has 1 amide bonds. The summed E-state index contributed by atoms with van der Waals surface area (Å²) >= 11 is 0. The van der Waals surface area contributed by atoms with Gasteiger partial charge in [-0.15, -0.1) is 0 Å². The van der Waals surface area contributed by atoms with Crippen molar-refractivity contribution in [1.29, 1.82) is 0 Å². The second kappa shape index (κ2) is 7.43. The van der Waals surface area contributed by atoms with Crippen LogP contribution in [-0.4, -0.2) is 38.7 Å². The molecule has 1 N–H and O–H groups in total. The number of carbonyl (C=O) groups is 1. The van der Waals surface area contributed by atoms with Crippen LogP contribution in [0.25, 0.3) is 16.5 Å². The van der Waals surface area contributed by atoms with Crippen molar-refractivity contribution in [1.82, 2.24) is 19.7 Å². The number of H-pyrrole nitrogens is 1. The van der Waals surface area contributed by atoms with E-state index < -0.39 is 6.04 Å². The summed E-state index contributed by atoms with van der Waals surface area (Å²) in [5.41, 5.74) is 4.62. The van der Waals surface area contributed by atoms with Crippen molar-refractivity contribution < 1.29 is 4.79 Å². The molecule has 5 rings (SSSR count). The molecule has 29 heavy (non-hydrogen) atoms. The quantitative estimate of drug-likeness (QED) is 0.573. The van der Waals surface area contributed by atoms with Gasteiger partial charge >= 0.3 is 0 Å². The van der Waals surface area contributed by atoms with Gasteiger partial charge in [-0.25, -0.2) is 0 Å². The summed E-state index contributed by atoms with van der Waals surface area (Å²) in [6.07, 6.45) is 8.67. The van der Waals surface area contributed by atoms with E-state index in [1.54, 1.807) is 10.9 Å². The topological polar surface area (TPSA) is 53.9 Å². The van der Waals surface area contributed by atoms with Gasteiger partial charge in [0.1, 0.15) is 0 Å². The number of nitrogens with one attached hydrogen (secondary N) is 1. The second-order valence-corrected chi connectivity index (χ2v) is 7.31. The minimum atomic E-state index is -0.436. The van der Waals surface area contributed by atoms with Crippen LogP contribution in [0, 0.1) is 0 Å². The van der Waals surface area contributed by atoms with Crippen LogP contribution >= 0.6 is 0 Å². The molecule has 2 aromatic heterocycles. The summed E-state index contributed by atoms with van der Waals surface area (Å²) in [5, 5.41) is 5.58. The largest absolute Gasteiger partial charge is 0.361 e. The first-order valence-electron chi connectivity index (χ1n) is 9.89. The SMILES string of the molecule is O=C(C(c1ccccc1)n1cccn1)N1CC=C(c2c[nH]c3ccccc23)CC1. The number of para-hydroxylation sites is 1. The van der Waals surface area contributed by atoms with Crippen LogP contribution in [0.1, 0.15) is 23.6 Å². The molecule has 0 radical (unpaired) electrons. The minimum Gasteiger partial charge on any atom is -0.361 e. The first-order valence-corrected chi connectivity index (χ1v) is 9.89. The van der Waals surface area contributed by atoms with Crippen molar-refractivity contribution in [2.75, 3.05) is 13.1 Å². The summed E-state index contributed by atoms with van der Waals surface area (Å²) < 4.78 is 1.75. The highest BCUT2D eigenvalue weighted by atomic mass is 16.2. The van der Waals surface area contributed by atoms with Crippen LogP contribution in [0.3, 0.4) is 0 Å². The minimum absolute atomic E-state index is 0.0779. The summed E-state index contributed by atoms with van der Waals surface area (Å²) in [6, 6.07) is 19.6. The number of fused-ring (bicyclic) bond motifs is 1. The maximum absolute atomic E-state index is 13.4. The van der Waals surface area contributed by atoms with Crippen LogP contribution in [0.5, 0.6) is 0 Å². The molecule has 4 aromatic rings. The summed E-state index contributed by atoms with van der Waals surface area (Å²) in [5.74, 6) is 0.0779. The van der Waals surface area contributed by atoms with E-state index >= 15 is 0 Å². The van der Waals surface area contributed by atoms with Gasteiger partial charge in [0.05, 0.1) is 0 Å². The molecule has 0 aliphatic carbocycles. The molecule has 1 aliphatic heterocycles. The zero-order valence-electron chi connectivity index (χ0n) is 16.0. The summed E-state index contributed by atoms with van der Waals surface area (Å²) in [7, 11) is 0. The van der Waals surface area contributed by atoms with E-state index in [4.69, 9.17) is 0 Å². The van der Waals surface area contributed by atoms with Gasteiger partial charge in [0.2, 0.25) is 0 Å². The Morgan fingerprint density at radius 3 is 2.62 bits per heavy atom. The van der Waals surface area contributed by atoms with Crippen molar-refractivity contribution in [3.63, 3.8) is 0 Å². The fourth-order valence-corrected chi connectivity index (χ4v) is 4.10. The standard InChI is InChI=1S/C24H22N4O/c29-24(23(28-14-6-13-26-28)19-7-2-1-3-8-19)27-15-11-18(12-16-27)21-17-25-22-10-5-4-9-20(21)22/h1-11,13-14,17,23,25H,12,15-16H2. The number of aromatic amines is 1. The smallest absolute Gasteiger partial charge is 0.252 e. The van der Waals surface area contributed by atoms with Crippen molar-refractivity contribution in [2.24, 2.45) is 0 Å². The van der Waals surface area contributed by atoms with Crippen LogP contribution in [0.15, 0.2) is 85.3 Å². The third kappa shape index (κ3) is 3.25. The number of amides is 1. The number of hydrogen-bond acceptors (Lipinski definition) is 2. The molecule has 5 heteroatoms. The van der Waals surface area contributed by atoms with Gasteiger partial charge in [0.25, 0.3) is 5.91 Å². The molecule has 1 unspecified atom stereocenters. The summed E-state index contributed by atoms with van der Waals surface area (Å²) in [6.45, 7) is 1.31. The Hall–Kier alpha value is -3.60. The predicted molar refractivity (Wildman–Crippen MR) is 114 cm³/mol. The normalized spacial score (nSPS) is 15.3. The van der Waals surface area contributed by atoms with Gasteiger partial charge in [-0.3, -0.25) is 9.48 Å². The molecule has 1 aliphatic rings. The predicted octanol–water partition coefficient (Wildman–Crippen LogP) is 4.27. The molecular formula is C24H22N4O. The monoisotopic (exact) mass is 382 g/mol. The first kappa shape index (κ1) is 17.5. The summed E-state index contributed by atoms with van der Waals surface area (Å²) in [4.78, 5) is 18.7. The van der Waals surface area contributed by atoms with Crippen molar-refractivity contribution in [2.45, 2.75) is 12.5 Å². The van der Waals surface area contributed by atoms with Gasteiger partial charge in [-0.2, -0.15) is 5.10 Å². The third-order valence-electron chi connectivity index (χ3n) is 5.59. The molecular weight excluding hydrogens is 360 g/mol. The zero-order valence-corrected chi connectivity index (χ0v) is 16.0. The lowest BCUT2D eigenvalue weighted by atomic mass is 9.98. The average Bonchev–Trinajstić information content (AvgIpc) is 3.45. The van der Waals surface area contributed by atoms with Crippen molar-refractivity contribution in [3.8, 4) is 0 Å². The zero-order chi connectivity index (χ0) is 19.6. The highest BCUT2D eigenvalue weighted by Gasteiger charge is 2.29. The second-order valence-electron chi connectivity index (χ2n) is 7.31.